The van der Waals surface area contributed by atoms with E-state index in [0.29, 0.717) is 18.6 Å². The van der Waals surface area contributed by atoms with Crippen LogP contribution in [0.3, 0.4) is 0 Å². The summed E-state index contributed by atoms with van der Waals surface area (Å²) in [5.74, 6) is 0.318. The largest absolute Gasteiger partial charge is 0.309 e. The van der Waals surface area contributed by atoms with Gasteiger partial charge in [-0.05, 0) is 31.6 Å². The molecule has 0 fully saturated rings. The van der Waals surface area contributed by atoms with E-state index in [2.05, 4.69) is 31.2 Å². The standard InChI is InChI=1S/C14H21NO/c1-4-12-5-7-13(8-6-12)11-14(16)9-10-15(2)3/h5-8H,4,9-11H2,1-3H3. The van der Waals surface area contributed by atoms with E-state index in [1.807, 2.05) is 19.0 Å². The second-order valence-corrected chi connectivity index (χ2v) is 4.44. The molecular weight excluding hydrogens is 198 g/mol. The van der Waals surface area contributed by atoms with Crippen molar-refractivity contribution in [3.05, 3.63) is 35.4 Å². The quantitative estimate of drug-likeness (QED) is 0.732. The van der Waals surface area contributed by atoms with Crippen LogP contribution in [0, 0.1) is 0 Å². The zero-order valence-corrected chi connectivity index (χ0v) is 10.5. The van der Waals surface area contributed by atoms with Crippen LogP contribution in [0.5, 0.6) is 0 Å². The fourth-order valence-corrected chi connectivity index (χ4v) is 1.56. The Hall–Kier alpha value is -1.15. The van der Waals surface area contributed by atoms with E-state index in [1.54, 1.807) is 0 Å². The molecule has 1 rings (SSSR count). The van der Waals surface area contributed by atoms with Gasteiger partial charge in [-0.15, -0.1) is 0 Å². The summed E-state index contributed by atoms with van der Waals surface area (Å²) in [4.78, 5) is 13.7. The van der Waals surface area contributed by atoms with Gasteiger partial charge in [-0.3, -0.25) is 4.79 Å². The van der Waals surface area contributed by atoms with Crippen LogP contribution in [-0.2, 0) is 17.6 Å². The highest BCUT2D eigenvalue weighted by Gasteiger charge is 2.04. The molecule has 88 valence electrons. The van der Waals surface area contributed by atoms with Crippen LogP contribution >= 0.6 is 0 Å². The molecule has 0 aliphatic carbocycles. The Morgan fingerprint density at radius 2 is 1.69 bits per heavy atom. The first-order valence-corrected chi connectivity index (χ1v) is 5.86. The fraction of sp³-hybridized carbons (Fsp3) is 0.500. The lowest BCUT2D eigenvalue weighted by Gasteiger charge is -2.08. The molecule has 0 bridgehead atoms. The van der Waals surface area contributed by atoms with Crippen LogP contribution in [-0.4, -0.2) is 31.3 Å². The minimum Gasteiger partial charge on any atom is -0.309 e. The SMILES string of the molecule is CCc1ccc(CC(=O)CCN(C)C)cc1. The molecule has 1 aromatic carbocycles. The third-order valence-corrected chi connectivity index (χ3v) is 2.67. The minimum atomic E-state index is 0.318. The monoisotopic (exact) mass is 219 g/mol. The van der Waals surface area contributed by atoms with Crippen LogP contribution in [0.2, 0.25) is 0 Å². The number of benzene rings is 1. The molecule has 2 heteroatoms. The van der Waals surface area contributed by atoms with Gasteiger partial charge >= 0.3 is 0 Å². The molecule has 0 saturated heterocycles. The summed E-state index contributed by atoms with van der Waals surface area (Å²) in [6.07, 6.45) is 2.26. The number of carbonyl (C=O) groups excluding carboxylic acids is 1. The molecule has 1 aromatic rings. The Morgan fingerprint density at radius 3 is 2.19 bits per heavy atom. The van der Waals surface area contributed by atoms with Gasteiger partial charge < -0.3 is 4.90 Å². The maximum Gasteiger partial charge on any atom is 0.138 e. The average molecular weight is 219 g/mol. The topological polar surface area (TPSA) is 20.3 Å². The highest BCUT2D eigenvalue weighted by Crippen LogP contribution is 2.07. The number of ketones is 1. The highest BCUT2D eigenvalue weighted by molar-refractivity contribution is 5.81. The van der Waals surface area contributed by atoms with Crippen molar-refractivity contribution in [2.45, 2.75) is 26.2 Å². The van der Waals surface area contributed by atoms with Gasteiger partial charge in [0.25, 0.3) is 0 Å². The van der Waals surface area contributed by atoms with Crippen LogP contribution in [0.1, 0.15) is 24.5 Å². The third kappa shape index (κ3) is 4.58. The van der Waals surface area contributed by atoms with E-state index >= 15 is 0 Å². The number of rotatable bonds is 6. The molecule has 0 heterocycles. The number of nitrogens with zero attached hydrogens (tertiary/aromatic N) is 1. The predicted octanol–water partition coefficient (Wildman–Crippen LogP) is 2.31. The van der Waals surface area contributed by atoms with E-state index in [0.717, 1.165) is 18.5 Å². The molecule has 0 unspecified atom stereocenters. The first-order valence-electron chi connectivity index (χ1n) is 5.86. The molecule has 0 aliphatic rings. The van der Waals surface area contributed by atoms with E-state index in [9.17, 15) is 4.79 Å². The lowest BCUT2D eigenvalue weighted by Crippen LogP contribution is -2.17. The molecule has 16 heavy (non-hydrogen) atoms. The van der Waals surface area contributed by atoms with Crippen LogP contribution in [0.15, 0.2) is 24.3 Å². The summed E-state index contributed by atoms with van der Waals surface area (Å²) in [6.45, 7) is 2.98. The lowest BCUT2D eigenvalue weighted by atomic mass is 10.0. The molecule has 2 nitrogen and oxygen atoms in total. The summed E-state index contributed by atoms with van der Waals surface area (Å²) in [5.41, 5.74) is 2.45. The lowest BCUT2D eigenvalue weighted by molar-refractivity contribution is -0.118. The Morgan fingerprint density at radius 1 is 1.12 bits per heavy atom. The summed E-state index contributed by atoms with van der Waals surface area (Å²) in [6, 6.07) is 8.34. The Bertz CT molecular complexity index is 327. The van der Waals surface area contributed by atoms with Gasteiger partial charge in [0.2, 0.25) is 0 Å². The maximum absolute atomic E-state index is 11.6. The number of carbonyl (C=O) groups is 1. The molecule has 0 amide bonds. The fourth-order valence-electron chi connectivity index (χ4n) is 1.56. The minimum absolute atomic E-state index is 0.318. The molecule has 0 aliphatic heterocycles. The van der Waals surface area contributed by atoms with Gasteiger partial charge in [-0.1, -0.05) is 31.2 Å². The maximum atomic E-state index is 11.6. The van der Waals surface area contributed by atoms with Crippen molar-refractivity contribution < 1.29 is 4.79 Å². The van der Waals surface area contributed by atoms with E-state index in [4.69, 9.17) is 0 Å². The Labute approximate surface area is 98.3 Å². The molecule has 0 aromatic heterocycles. The summed E-state index contributed by atoms with van der Waals surface area (Å²) in [7, 11) is 3.98. The van der Waals surface area contributed by atoms with Crippen molar-refractivity contribution >= 4 is 5.78 Å². The van der Waals surface area contributed by atoms with Gasteiger partial charge in [0.15, 0.2) is 0 Å². The first kappa shape index (κ1) is 12.9. The van der Waals surface area contributed by atoms with Gasteiger partial charge in [-0.2, -0.15) is 0 Å². The van der Waals surface area contributed by atoms with Gasteiger partial charge in [-0.25, -0.2) is 0 Å². The molecule has 0 atom stereocenters. The van der Waals surface area contributed by atoms with Crippen LogP contribution in [0.25, 0.3) is 0 Å². The first-order chi connectivity index (χ1) is 7.61. The Kier molecular flexibility index (Phi) is 5.20. The van der Waals surface area contributed by atoms with E-state index in [-0.39, 0.29) is 0 Å². The number of Topliss-reactive ketones (excluding diaryl/α,β-unsaturated/α-hetero) is 1. The summed E-state index contributed by atoms with van der Waals surface area (Å²) < 4.78 is 0. The normalized spacial score (nSPS) is 10.8. The van der Waals surface area contributed by atoms with Crippen molar-refractivity contribution in [3.63, 3.8) is 0 Å². The highest BCUT2D eigenvalue weighted by atomic mass is 16.1. The van der Waals surface area contributed by atoms with E-state index in [1.165, 1.54) is 5.56 Å². The Balaban J connectivity index is 2.43. The van der Waals surface area contributed by atoms with Gasteiger partial charge in [0, 0.05) is 19.4 Å². The zero-order chi connectivity index (χ0) is 12.0. The predicted molar refractivity (Wildman–Crippen MR) is 67.7 cm³/mol. The zero-order valence-electron chi connectivity index (χ0n) is 10.5. The average Bonchev–Trinajstić information content (AvgIpc) is 2.27. The number of hydrogen-bond acceptors (Lipinski definition) is 2. The third-order valence-electron chi connectivity index (χ3n) is 2.67. The number of hydrogen-bond donors (Lipinski definition) is 0. The van der Waals surface area contributed by atoms with Crippen molar-refractivity contribution in [3.8, 4) is 0 Å². The van der Waals surface area contributed by atoms with Crippen molar-refractivity contribution in [1.29, 1.82) is 0 Å². The number of aryl methyl sites for hydroxylation is 1. The van der Waals surface area contributed by atoms with E-state index < -0.39 is 0 Å². The smallest absolute Gasteiger partial charge is 0.138 e. The molecule has 0 spiro atoms. The second-order valence-electron chi connectivity index (χ2n) is 4.44. The summed E-state index contributed by atoms with van der Waals surface area (Å²) in [5, 5.41) is 0. The van der Waals surface area contributed by atoms with Gasteiger partial charge in [0.05, 0.1) is 0 Å². The molecule has 0 N–H and O–H groups in total. The van der Waals surface area contributed by atoms with Crippen molar-refractivity contribution in [1.82, 2.24) is 4.90 Å². The second kappa shape index (κ2) is 6.44. The molecule has 0 saturated carbocycles. The van der Waals surface area contributed by atoms with Crippen molar-refractivity contribution in [2.75, 3.05) is 20.6 Å². The van der Waals surface area contributed by atoms with Crippen LogP contribution < -0.4 is 0 Å². The molecular formula is C14H21NO. The van der Waals surface area contributed by atoms with Gasteiger partial charge in [0.1, 0.15) is 5.78 Å². The van der Waals surface area contributed by atoms with Crippen molar-refractivity contribution in [2.24, 2.45) is 0 Å². The molecule has 0 radical (unpaired) electrons. The summed E-state index contributed by atoms with van der Waals surface area (Å²) >= 11 is 0. The van der Waals surface area contributed by atoms with Crippen LogP contribution in [0.4, 0.5) is 0 Å².